The van der Waals surface area contributed by atoms with Gasteiger partial charge < -0.3 is 4.42 Å². The number of halogens is 2. The number of nitrogens with two attached hydrogens (primary N) is 1. The molecule has 0 aliphatic rings. The molecule has 0 spiro atoms. The summed E-state index contributed by atoms with van der Waals surface area (Å²) in [6.07, 6.45) is 2.44. The molecule has 2 aromatic rings. The van der Waals surface area contributed by atoms with Crippen LogP contribution in [0.1, 0.15) is 29.9 Å². The van der Waals surface area contributed by atoms with Gasteiger partial charge in [0.1, 0.15) is 5.76 Å². The standard InChI is InChI=1S/C13H14Cl2N2O/c1-2-12-9(5-6-18-12)13(17-16)10-7-8(14)3-4-11(10)15/h3-7,13,17H,2,16H2,1H3. The number of benzene rings is 1. The summed E-state index contributed by atoms with van der Waals surface area (Å²) in [6, 6.07) is 6.97. The second kappa shape index (κ2) is 5.76. The first-order valence-corrected chi connectivity index (χ1v) is 6.40. The van der Waals surface area contributed by atoms with E-state index >= 15 is 0 Å². The van der Waals surface area contributed by atoms with Gasteiger partial charge in [-0.3, -0.25) is 5.84 Å². The zero-order valence-corrected chi connectivity index (χ0v) is 11.4. The summed E-state index contributed by atoms with van der Waals surface area (Å²) < 4.78 is 5.42. The molecule has 1 atom stereocenters. The van der Waals surface area contributed by atoms with Gasteiger partial charge in [0.2, 0.25) is 0 Å². The number of aryl methyl sites for hydroxylation is 1. The molecule has 1 unspecified atom stereocenters. The molecule has 3 nitrogen and oxygen atoms in total. The molecule has 0 saturated heterocycles. The summed E-state index contributed by atoms with van der Waals surface area (Å²) >= 11 is 12.2. The molecule has 0 fully saturated rings. The van der Waals surface area contributed by atoms with Gasteiger partial charge in [-0.05, 0) is 29.8 Å². The fourth-order valence-corrected chi connectivity index (χ4v) is 2.39. The number of hydrogen-bond acceptors (Lipinski definition) is 3. The second-order valence-electron chi connectivity index (χ2n) is 3.92. The third kappa shape index (κ3) is 2.54. The lowest BCUT2D eigenvalue weighted by molar-refractivity contribution is 0.502. The highest BCUT2D eigenvalue weighted by Crippen LogP contribution is 2.32. The maximum absolute atomic E-state index is 6.20. The van der Waals surface area contributed by atoms with E-state index < -0.39 is 0 Å². The number of hydrogen-bond donors (Lipinski definition) is 2. The normalized spacial score (nSPS) is 12.7. The first kappa shape index (κ1) is 13.4. The Morgan fingerprint density at radius 1 is 1.28 bits per heavy atom. The molecular formula is C13H14Cl2N2O. The molecule has 1 aromatic carbocycles. The van der Waals surface area contributed by atoms with Crippen LogP contribution in [0.3, 0.4) is 0 Å². The summed E-state index contributed by atoms with van der Waals surface area (Å²) in [4.78, 5) is 0. The van der Waals surface area contributed by atoms with Crippen molar-refractivity contribution in [2.75, 3.05) is 0 Å². The van der Waals surface area contributed by atoms with E-state index in [1.54, 1.807) is 24.5 Å². The van der Waals surface area contributed by atoms with Gasteiger partial charge in [-0.2, -0.15) is 0 Å². The van der Waals surface area contributed by atoms with E-state index in [9.17, 15) is 0 Å². The van der Waals surface area contributed by atoms with Crippen molar-refractivity contribution in [3.05, 3.63) is 57.5 Å². The molecule has 0 aliphatic carbocycles. The highest BCUT2D eigenvalue weighted by molar-refractivity contribution is 6.33. The zero-order valence-electron chi connectivity index (χ0n) is 9.91. The van der Waals surface area contributed by atoms with Gasteiger partial charge >= 0.3 is 0 Å². The number of rotatable bonds is 4. The molecule has 96 valence electrons. The van der Waals surface area contributed by atoms with Crippen molar-refractivity contribution in [3.63, 3.8) is 0 Å². The molecule has 3 N–H and O–H groups in total. The SMILES string of the molecule is CCc1occc1C(NN)c1cc(Cl)ccc1Cl. The van der Waals surface area contributed by atoms with Crippen LogP contribution in [0.25, 0.3) is 0 Å². The van der Waals surface area contributed by atoms with Gasteiger partial charge in [-0.25, -0.2) is 5.43 Å². The Kier molecular flexibility index (Phi) is 4.30. The van der Waals surface area contributed by atoms with Crippen molar-refractivity contribution in [2.45, 2.75) is 19.4 Å². The van der Waals surface area contributed by atoms with E-state index in [4.69, 9.17) is 33.5 Å². The Hall–Kier alpha value is -1.000. The van der Waals surface area contributed by atoms with Crippen molar-refractivity contribution in [3.8, 4) is 0 Å². The van der Waals surface area contributed by atoms with Gasteiger partial charge in [-0.1, -0.05) is 30.1 Å². The summed E-state index contributed by atoms with van der Waals surface area (Å²) in [5.41, 5.74) is 4.57. The minimum absolute atomic E-state index is 0.232. The van der Waals surface area contributed by atoms with Gasteiger partial charge in [0, 0.05) is 22.0 Å². The molecular weight excluding hydrogens is 271 g/mol. The molecule has 1 aromatic heterocycles. The van der Waals surface area contributed by atoms with Gasteiger partial charge in [-0.15, -0.1) is 0 Å². The average molecular weight is 285 g/mol. The summed E-state index contributed by atoms with van der Waals surface area (Å²) in [5, 5.41) is 1.24. The van der Waals surface area contributed by atoms with Gasteiger partial charge in [0.05, 0.1) is 12.3 Å². The van der Waals surface area contributed by atoms with Crippen molar-refractivity contribution in [1.29, 1.82) is 0 Å². The lowest BCUT2D eigenvalue weighted by Gasteiger charge is -2.18. The minimum Gasteiger partial charge on any atom is -0.469 e. The Morgan fingerprint density at radius 2 is 2.06 bits per heavy atom. The van der Waals surface area contributed by atoms with E-state index in [-0.39, 0.29) is 6.04 Å². The summed E-state index contributed by atoms with van der Waals surface area (Å²) in [6.45, 7) is 2.02. The van der Waals surface area contributed by atoms with Gasteiger partial charge in [0.25, 0.3) is 0 Å². The van der Waals surface area contributed by atoms with Gasteiger partial charge in [0.15, 0.2) is 0 Å². The van der Waals surface area contributed by atoms with Crippen LogP contribution in [0.4, 0.5) is 0 Å². The lowest BCUT2D eigenvalue weighted by atomic mass is 9.99. The number of nitrogens with one attached hydrogen (secondary N) is 1. The Balaban J connectivity index is 2.48. The minimum atomic E-state index is -0.232. The van der Waals surface area contributed by atoms with E-state index in [1.165, 1.54) is 0 Å². The zero-order chi connectivity index (χ0) is 13.1. The predicted molar refractivity (Wildman–Crippen MR) is 73.7 cm³/mol. The van der Waals surface area contributed by atoms with Crippen molar-refractivity contribution in [1.82, 2.24) is 5.43 Å². The maximum Gasteiger partial charge on any atom is 0.108 e. The van der Waals surface area contributed by atoms with E-state index in [2.05, 4.69) is 5.43 Å². The van der Waals surface area contributed by atoms with Crippen LogP contribution in [-0.2, 0) is 6.42 Å². The molecule has 5 heteroatoms. The predicted octanol–water partition coefficient (Wildman–Crippen LogP) is 3.70. The molecule has 2 rings (SSSR count). The number of furan rings is 1. The molecule has 18 heavy (non-hydrogen) atoms. The Bertz CT molecular complexity index is 540. The Morgan fingerprint density at radius 3 is 2.72 bits per heavy atom. The summed E-state index contributed by atoms with van der Waals surface area (Å²) in [5.74, 6) is 6.53. The van der Waals surface area contributed by atoms with Crippen LogP contribution in [0.2, 0.25) is 10.0 Å². The highest BCUT2D eigenvalue weighted by atomic mass is 35.5. The molecule has 0 amide bonds. The smallest absolute Gasteiger partial charge is 0.108 e. The van der Waals surface area contributed by atoms with Crippen LogP contribution in [0.15, 0.2) is 34.9 Å². The van der Waals surface area contributed by atoms with Crippen molar-refractivity contribution >= 4 is 23.2 Å². The first-order valence-electron chi connectivity index (χ1n) is 5.64. The monoisotopic (exact) mass is 284 g/mol. The Labute approximate surface area is 116 Å². The van der Waals surface area contributed by atoms with Crippen molar-refractivity contribution in [2.24, 2.45) is 5.84 Å². The van der Waals surface area contributed by atoms with E-state index in [1.807, 2.05) is 13.0 Å². The number of hydrazine groups is 1. The molecule has 0 aliphatic heterocycles. The quantitative estimate of drug-likeness (QED) is 0.665. The lowest BCUT2D eigenvalue weighted by Crippen LogP contribution is -2.29. The van der Waals surface area contributed by atoms with E-state index in [0.717, 1.165) is 23.3 Å². The van der Waals surface area contributed by atoms with Crippen LogP contribution in [0.5, 0.6) is 0 Å². The highest BCUT2D eigenvalue weighted by Gasteiger charge is 2.20. The molecule has 0 radical (unpaired) electrons. The third-order valence-corrected chi connectivity index (χ3v) is 3.43. The average Bonchev–Trinajstić information content (AvgIpc) is 2.83. The maximum atomic E-state index is 6.20. The molecule has 1 heterocycles. The van der Waals surface area contributed by atoms with Crippen LogP contribution in [-0.4, -0.2) is 0 Å². The first-order chi connectivity index (χ1) is 8.67. The van der Waals surface area contributed by atoms with Crippen molar-refractivity contribution < 1.29 is 4.42 Å². The topological polar surface area (TPSA) is 51.2 Å². The van der Waals surface area contributed by atoms with Crippen LogP contribution < -0.4 is 11.3 Å². The largest absolute Gasteiger partial charge is 0.469 e. The van der Waals surface area contributed by atoms with Crippen LogP contribution >= 0.6 is 23.2 Å². The summed E-state index contributed by atoms with van der Waals surface area (Å²) in [7, 11) is 0. The van der Waals surface area contributed by atoms with Crippen LogP contribution in [0, 0.1) is 0 Å². The second-order valence-corrected chi connectivity index (χ2v) is 4.76. The molecule has 0 bridgehead atoms. The van der Waals surface area contributed by atoms with E-state index in [0.29, 0.717) is 10.0 Å². The fourth-order valence-electron chi connectivity index (χ4n) is 1.98. The molecule has 0 saturated carbocycles. The fraction of sp³-hybridized carbons (Fsp3) is 0.231. The third-order valence-electron chi connectivity index (χ3n) is 2.85.